The molecule has 3 rings (SSSR count). The second kappa shape index (κ2) is 8.82. The van der Waals surface area contributed by atoms with E-state index in [0.717, 1.165) is 49.3 Å². The zero-order chi connectivity index (χ0) is 19.2. The van der Waals surface area contributed by atoms with E-state index in [1.807, 2.05) is 61.2 Å². The van der Waals surface area contributed by atoms with Crippen LogP contribution in [0.25, 0.3) is 0 Å². The molecule has 27 heavy (non-hydrogen) atoms. The molecule has 2 aromatic carbocycles. The van der Waals surface area contributed by atoms with Crippen LogP contribution in [0.15, 0.2) is 42.5 Å². The quantitative estimate of drug-likeness (QED) is 0.876. The van der Waals surface area contributed by atoms with Gasteiger partial charge < -0.3 is 15.5 Å². The molecule has 0 spiro atoms. The molecule has 0 bridgehead atoms. The van der Waals surface area contributed by atoms with Gasteiger partial charge in [0.1, 0.15) is 0 Å². The number of rotatable bonds is 4. The predicted octanol–water partition coefficient (Wildman–Crippen LogP) is 2.92. The number of para-hydroxylation sites is 1. The number of benzene rings is 2. The minimum atomic E-state index is -0.156. The first-order valence-corrected chi connectivity index (χ1v) is 9.49. The number of nitrogens with zero attached hydrogens (tertiary/aromatic N) is 1. The molecule has 1 aliphatic rings. The Morgan fingerprint density at radius 2 is 1.85 bits per heavy atom. The van der Waals surface area contributed by atoms with Crippen LogP contribution in [0.2, 0.25) is 0 Å². The second-order valence-electron chi connectivity index (χ2n) is 7.07. The lowest BCUT2D eigenvalue weighted by Crippen LogP contribution is -2.35. The zero-order valence-electron chi connectivity index (χ0n) is 16.0. The van der Waals surface area contributed by atoms with Gasteiger partial charge in [0.05, 0.1) is 6.42 Å². The Kier molecular flexibility index (Phi) is 6.24. The number of hydrogen-bond acceptors (Lipinski definition) is 3. The highest BCUT2D eigenvalue weighted by molar-refractivity contribution is 6.05. The lowest BCUT2D eigenvalue weighted by molar-refractivity contribution is -0.130. The average molecular weight is 365 g/mol. The summed E-state index contributed by atoms with van der Waals surface area (Å²) in [4.78, 5) is 27.2. The van der Waals surface area contributed by atoms with Crippen molar-refractivity contribution in [3.63, 3.8) is 0 Å². The van der Waals surface area contributed by atoms with E-state index in [9.17, 15) is 9.59 Å². The molecule has 0 unspecified atom stereocenters. The first-order chi connectivity index (χ1) is 13.0. The maximum absolute atomic E-state index is 12.7. The van der Waals surface area contributed by atoms with Gasteiger partial charge in [0, 0.05) is 30.9 Å². The minimum Gasteiger partial charge on any atom is -0.341 e. The van der Waals surface area contributed by atoms with Crippen molar-refractivity contribution >= 4 is 17.5 Å². The van der Waals surface area contributed by atoms with Crippen LogP contribution in [0.5, 0.6) is 0 Å². The number of anilines is 1. The fraction of sp³-hybridized carbons (Fsp3) is 0.364. The summed E-state index contributed by atoms with van der Waals surface area (Å²) in [5.41, 5.74) is 4.40. The smallest absolute Gasteiger partial charge is 0.255 e. The van der Waals surface area contributed by atoms with Crippen molar-refractivity contribution in [1.29, 1.82) is 0 Å². The number of carbonyl (C=O) groups excluding carboxylic acids is 2. The van der Waals surface area contributed by atoms with Gasteiger partial charge in [0.2, 0.25) is 5.91 Å². The molecule has 2 N–H and O–H groups in total. The van der Waals surface area contributed by atoms with E-state index >= 15 is 0 Å². The molecule has 0 saturated carbocycles. The SMILES string of the molecule is Cc1ccc(C(=O)Nc2ccccc2CC(=O)N2CCCNCC2)cc1C. The molecule has 0 aliphatic carbocycles. The van der Waals surface area contributed by atoms with Crippen molar-refractivity contribution in [3.8, 4) is 0 Å². The topological polar surface area (TPSA) is 61.4 Å². The molecule has 0 atom stereocenters. The Bertz CT molecular complexity index is 824. The molecular formula is C22H27N3O2. The van der Waals surface area contributed by atoms with E-state index in [1.165, 1.54) is 0 Å². The third kappa shape index (κ3) is 4.95. The summed E-state index contributed by atoms with van der Waals surface area (Å²) in [6, 6.07) is 13.2. The van der Waals surface area contributed by atoms with Gasteiger partial charge >= 0.3 is 0 Å². The summed E-state index contributed by atoms with van der Waals surface area (Å²) in [6.45, 7) is 7.31. The first-order valence-electron chi connectivity index (χ1n) is 9.49. The Balaban J connectivity index is 1.72. The molecule has 0 radical (unpaired) electrons. The largest absolute Gasteiger partial charge is 0.341 e. The second-order valence-corrected chi connectivity index (χ2v) is 7.07. The molecule has 0 aromatic heterocycles. The molecular weight excluding hydrogens is 338 g/mol. The molecule has 142 valence electrons. The highest BCUT2D eigenvalue weighted by Crippen LogP contribution is 2.19. The molecule has 5 heteroatoms. The maximum Gasteiger partial charge on any atom is 0.255 e. The molecule has 1 fully saturated rings. The average Bonchev–Trinajstić information content (AvgIpc) is 2.95. The van der Waals surface area contributed by atoms with E-state index in [4.69, 9.17) is 0 Å². The molecule has 5 nitrogen and oxygen atoms in total. The van der Waals surface area contributed by atoms with Crippen LogP contribution in [0.4, 0.5) is 5.69 Å². The van der Waals surface area contributed by atoms with Crippen LogP contribution in [0, 0.1) is 13.8 Å². The Morgan fingerprint density at radius 1 is 1.04 bits per heavy atom. The number of amides is 2. The Hall–Kier alpha value is -2.66. The number of carbonyl (C=O) groups is 2. The van der Waals surface area contributed by atoms with Gasteiger partial charge in [-0.2, -0.15) is 0 Å². The predicted molar refractivity (Wildman–Crippen MR) is 108 cm³/mol. The minimum absolute atomic E-state index is 0.103. The number of aryl methyl sites for hydroxylation is 2. The third-order valence-corrected chi connectivity index (χ3v) is 5.07. The van der Waals surface area contributed by atoms with Gasteiger partial charge in [-0.15, -0.1) is 0 Å². The van der Waals surface area contributed by atoms with Crippen molar-refractivity contribution in [3.05, 3.63) is 64.7 Å². The third-order valence-electron chi connectivity index (χ3n) is 5.07. The number of hydrogen-bond donors (Lipinski definition) is 2. The van der Waals surface area contributed by atoms with Crippen LogP contribution < -0.4 is 10.6 Å². The van der Waals surface area contributed by atoms with Crippen LogP contribution >= 0.6 is 0 Å². The summed E-state index contributed by atoms with van der Waals surface area (Å²) >= 11 is 0. The van der Waals surface area contributed by atoms with Crippen molar-refractivity contribution in [2.24, 2.45) is 0 Å². The normalized spacial score (nSPS) is 14.5. The van der Waals surface area contributed by atoms with Crippen molar-refractivity contribution in [1.82, 2.24) is 10.2 Å². The lowest BCUT2D eigenvalue weighted by Gasteiger charge is -2.21. The standard InChI is InChI=1S/C22H27N3O2/c1-16-8-9-19(14-17(16)2)22(27)24-20-7-4-3-6-18(20)15-21(26)25-12-5-10-23-11-13-25/h3-4,6-9,14,23H,5,10-13,15H2,1-2H3,(H,24,27). The molecule has 1 saturated heterocycles. The van der Waals surface area contributed by atoms with E-state index in [0.29, 0.717) is 17.7 Å². The van der Waals surface area contributed by atoms with Gasteiger partial charge in [0.15, 0.2) is 0 Å². The summed E-state index contributed by atoms with van der Waals surface area (Å²) in [7, 11) is 0. The molecule has 1 heterocycles. The lowest BCUT2D eigenvalue weighted by atomic mass is 10.0. The Morgan fingerprint density at radius 3 is 2.67 bits per heavy atom. The van der Waals surface area contributed by atoms with Crippen LogP contribution in [0.1, 0.15) is 33.5 Å². The van der Waals surface area contributed by atoms with E-state index < -0.39 is 0 Å². The summed E-state index contributed by atoms with van der Waals surface area (Å²) < 4.78 is 0. The van der Waals surface area contributed by atoms with Gasteiger partial charge in [0.25, 0.3) is 5.91 Å². The van der Waals surface area contributed by atoms with Crippen LogP contribution in [-0.2, 0) is 11.2 Å². The molecule has 1 aliphatic heterocycles. The fourth-order valence-corrected chi connectivity index (χ4v) is 3.24. The monoisotopic (exact) mass is 365 g/mol. The highest BCUT2D eigenvalue weighted by atomic mass is 16.2. The van der Waals surface area contributed by atoms with Crippen molar-refractivity contribution in [2.45, 2.75) is 26.7 Å². The summed E-state index contributed by atoms with van der Waals surface area (Å²) in [5, 5.41) is 6.28. The molecule has 2 amide bonds. The summed E-state index contributed by atoms with van der Waals surface area (Å²) in [5.74, 6) is -0.0523. The van der Waals surface area contributed by atoms with Gasteiger partial charge in [-0.25, -0.2) is 0 Å². The van der Waals surface area contributed by atoms with E-state index in [2.05, 4.69) is 10.6 Å². The van der Waals surface area contributed by atoms with Crippen LogP contribution in [-0.4, -0.2) is 42.9 Å². The molecule has 2 aromatic rings. The zero-order valence-corrected chi connectivity index (χ0v) is 16.0. The van der Waals surface area contributed by atoms with Crippen molar-refractivity contribution in [2.75, 3.05) is 31.5 Å². The maximum atomic E-state index is 12.7. The van der Waals surface area contributed by atoms with Crippen molar-refractivity contribution < 1.29 is 9.59 Å². The van der Waals surface area contributed by atoms with Gasteiger partial charge in [-0.1, -0.05) is 24.3 Å². The fourth-order valence-electron chi connectivity index (χ4n) is 3.24. The highest BCUT2D eigenvalue weighted by Gasteiger charge is 2.18. The number of nitrogens with one attached hydrogen (secondary N) is 2. The first kappa shape index (κ1) is 19.1. The van der Waals surface area contributed by atoms with Gasteiger partial charge in [-0.05, 0) is 61.7 Å². The van der Waals surface area contributed by atoms with Gasteiger partial charge in [-0.3, -0.25) is 9.59 Å². The van der Waals surface area contributed by atoms with E-state index in [1.54, 1.807) is 0 Å². The van der Waals surface area contributed by atoms with Crippen LogP contribution in [0.3, 0.4) is 0 Å². The Labute approximate surface area is 160 Å². The van der Waals surface area contributed by atoms with E-state index in [-0.39, 0.29) is 11.8 Å². The summed E-state index contributed by atoms with van der Waals surface area (Å²) in [6.07, 6.45) is 1.26.